The van der Waals surface area contributed by atoms with Gasteiger partial charge in [-0.05, 0) is 0 Å². The monoisotopic (exact) mass is 267 g/mol. The van der Waals surface area contributed by atoms with Crippen molar-refractivity contribution in [3.05, 3.63) is 0 Å². The highest BCUT2D eigenvalue weighted by Crippen LogP contribution is 2.19. The Morgan fingerprint density at radius 1 is 1.17 bits per heavy atom. The number of rotatable bonds is 5. The lowest BCUT2D eigenvalue weighted by atomic mass is 9.98. The Labute approximate surface area is 102 Å². The first-order valence-corrected chi connectivity index (χ1v) is 5.32. The van der Waals surface area contributed by atoms with Crippen molar-refractivity contribution in [1.82, 2.24) is 5.32 Å². The van der Waals surface area contributed by atoms with Crippen molar-refractivity contribution >= 4 is 5.97 Å². The minimum Gasteiger partial charge on any atom is -0.480 e. The van der Waals surface area contributed by atoms with E-state index in [1.54, 1.807) is 0 Å². The van der Waals surface area contributed by atoms with Crippen LogP contribution in [0.3, 0.4) is 0 Å². The van der Waals surface area contributed by atoms with Gasteiger partial charge in [0.2, 0.25) is 0 Å². The number of hydrogen-bond acceptors (Lipinski definition) is 8. The van der Waals surface area contributed by atoms with Crippen molar-refractivity contribution in [3.63, 3.8) is 0 Å². The van der Waals surface area contributed by atoms with Crippen molar-refractivity contribution in [2.75, 3.05) is 13.2 Å². The van der Waals surface area contributed by atoms with Gasteiger partial charge < -0.3 is 35.4 Å². The highest BCUT2D eigenvalue weighted by atomic mass is 16.6. The fourth-order valence-corrected chi connectivity index (χ4v) is 1.64. The second kappa shape index (κ2) is 6.38. The van der Waals surface area contributed by atoms with Crippen LogP contribution < -0.4 is 5.32 Å². The SMILES string of the molecule is O=C(O)C(CO)N[C@H]1O[C@H](CO)[C@H](O)[C@H](O)[C@H]1O. The van der Waals surface area contributed by atoms with E-state index in [2.05, 4.69) is 5.32 Å². The van der Waals surface area contributed by atoms with Crippen LogP contribution in [0.4, 0.5) is 0 Å². The molecule has 1 heterocycles. The summed E-state index contributed by atoms with van der Waals surface area (Å²) in [4.78, 5) is 10.7. The lowest BCUT2D eigenvalue weighted by molar-refractivity contribution is -0.239. The van der Waals surface area contributed by atoms with E-state index in [4.69, 9.17) is 20.1 Å². The van der Waals surface area contributed by atoms with Gasteiger partial charge in [0.1, 0.15) is 36.7 Å². The average Bonchev–Trinajstić information content (AvgIpc) is 2.35. The normalized spacial score (nSPS) is 38.4. The van der Waals surface area contributed by atoms with E-state index in [0.29, 0.717) is 0 Å². The quantitative estimate of drug-likeness (QED) is 0.262. The number of nitrogens with one attached hydrogen (secondary N) is 1. The van der Waals surface area contributed by atoms with E-state index in [1.807, 2.05) is 0 Å². The highest BCUT2D eigenvalue weighted by molar-refractivity contribution is 5.73. The molecule has 0 radical (unpaired) electrons. The van der Waals surface area contributed by atoms with Crippen LogP contribution in [-0.2, 0) is 9.53 Å². The predicted octanol–water partition coefficient (Wildman–Crippen LogP) is -4.18. The Hall–Kier alpha value is -0.810. The standard InChI is InChI=1S/C9H17NO8/c11-1-3(9(16)17)10-8-7(15)6(14)5(13)4(2-12)18-8/h3-8,10-15H,1-2H2,(H,16,17)/t3?,4-,5+,6+,7-,8+/m1/s1. The van der Waals surface area contributed by atoms with Crippen LogP contribution in [-0.4, -0.2) is 86.5 Å². The summed E-state index contributed by atoms with van der Waals surface area (Å²) in [5, 5.41) is 57.2. The molecule has 9 heteroatoms. The highest BCUT2D eigenvalue weighted by Gasteiger charge is 2.44. The number of carboxylic acid groups (broad SMARTS) is 1. The van der Waals surface area contributed by atoms with Gasteiger partial charge in [0.05, 0.1) is 13.2 Å². The van der Waals surface area contributed by atoms with Crippen molar-refractivity contribution in [2.45, 2.75) is 36.7 Å². The Balaban J connectivity index is 2.72. The molecule has 9 nitrogen and oxygen atoms in total. The van der Waals surface area contributed by atoms with E-state index in [-0.39, 0.29) is 0 Å². The molecule has 0 saturated carbocycles. The van der Waals surface area contributed by atoms with Gasteiger partial charge in [0, 0.05) is 0 Å². The molecule has 0 aromatic carbocycles. The first-order chi connectivity index (χ1) is 8.42. The van der Waals surface area contributed by atoms with E-state index >= 15 is 0 Å². The lowest BCUT2D eigenvalue weighted by Crippen LogP contribution is -2.64. The Morgan fingerprint density at radius 3 is 2.22 bits per heavy atom. The largest absolute Gasteiger partial charge is 0.480 e. The summed E-state index contributed by atoms with van der Waals surface area (Å²) < 4.78 is 5.02. The molecule has 0 bridgehead atoms. The number of aliphatic carboxylic acids is 1. The fourth-order valence-electron chi connectivity index (χ4n) is 1.64. The molecule has 6 atom stereocenters. The molecule has 0 aromatic rings. The molecule has 106 valence electrons. The second-order valence-electron chi connectivity index (χ2n) is 3.99. The minimum atomic E-state index is -1.60. The number of carbonyl (C=O) groups is 1. The first kappa shape index (κ1) is 15.2. The topological polar surface area (TPSA) is 160 Å². The summed E-state index contributed by atoms with van der Waals surface area (Å²) in [6, 6.07) is -1.40. The zero-order valence-electron chi connectivity index (χ0n) is 9.38. The molecule has 1 fully saturated rings. The summed E-state index contributed by atoms with van der Waals surface area (Å²) in [6.07, 6.45) is -7.15. The number of aliphatic hydroxyl groups excluding tert-OH is 5. The van der Waals surface area contributed by atoms with Gasteiger partial charge in [0.15, 0.2) is 0 Å². The van der Waals surface area contributed by atoms with Crippen LogP contribution in [0.2, 0.25) is 0 Å². The summed E-state index contributed by atoms with van der Waals surface area (Å²) in [6.45, 7) is -1.36. The van der Waals surface area contributed by atoms with Gasteiger partial charge >= 0.3 is 5.97 Å². The zero-order valence-corrected chi connectivity index (χ0v) is 9.38. The molecule has 0 aromatic heterocycles. The molecule has 1 unspecified atom stereocenters. The van der Waals surface area contributed by atoms with Crippen LogP contribution >= 0.6 is 0 Å². The van der Waals surface area contributed by atoms with Gasteiger partial charge in [-0.3, -0.25) is 10.1 Å². The maximum absolute atomic E-state index is 10.7. The summed E-state index contributed by atoms with van der Waals surface area (Å²) in [5.41, 5.74) is 0. The molecule has 1 rings (SSSR count). The van der Waals surface area contributed by atoms with Crippen molar-refractivity contribution in [1.29, 1.82) is 0 Å². The molecular formula is C9H17NO8. The number of hydrogen-bond donors (Lipinski definition) is 7. The van der Waals surface area contributed by atoms with Crippen LogP contribution in [0.15, 0.2) is 0 Å². The van der Waals surface area contributed by atoms with Crippen molar-refractivity contribution < 1.29 is 40.2 Å². The summed E-state index contributed by atoms with van der Waals surface area (Å²) in [5.74, 6) is -1.37. The summed E-state index contributed by atoms with van der Waals surface area (Å²) >= 11 is 0. The predicted molar refractivity (Wildman–Crippen MR) is 55.4 cm³/mol. The van der Waals surface area contributed by atoms with Gasteiger partial charge in [-0.2, -0.15) is 0 Å². The number of aliphatic hydroxyl groups is 5. The Kier molecular flexibility index (Phi) is 5.41. The molecule has 0 spiro atoms. The smallest absolute Gasteiger partial charge is 0.323 e. The second-order valence-corrected chi connectivity index (χ2v) is 3.99. The maximum Gasteiger partial charge on any atom is 0.323 e. The van der Waals surface area contributed by atoms with E-state index in [0.717, 1.165) is 0 Å². The zero-order chi connectivity index (χ0) is 13.9. The molecule has 1 saturated heterocycles. The van der Waals surface area contributed by atoms with Crippen molar-refractivity contribution in [2.24, 2.45) is 0 Å². The molecule has 7 N–H and O–H groups in total. The average molecular weight is 267 g/mol. The third-order valence-electron chi connectivity index (χ3n) is 2.74. The van der Waals surface area contributed by atoms with E-state index in [9.17, 15) is 20.1 Å². The minimum absolute atomic E-state index is 0.611. The number of carboxylic acids is 1. The van der Waals surface area contributed by atoms with Crippen molar-refractivity contribution in [3.8, 4) is 0 Å². The van der Waals surface area contributed by atoms with Crippen LogP contribution in [0.5, 0.6) is 0 Å². The summed E-state index contributed by atoms with van der Waals surface area (Å²) in [7, 11) is 0. The fraction of sp³-hybridized carbons (Fsp3) is 0.889. The molecule has 18 heavy (non-hydrogen) atoms. The first-order valence-electron chi connectivity index (χ1n) is 5.32. The van der Waals surface area contributed by atoms with Gasteiger partial charge in [-0.15, -0.1) is 0 Å². The number of ether oxygens (including phenoxy) is 1. The molecule has 0 amide bonds. The van der Waals surface area contributed by atoms with Crippen LogP contribution in [0, 0.1) is 0 Å². The van der Waals surface area contributed by atoms with Crippen LogP contribution in [0.25, 0.3) is 0 Å². The van der Waals surface area contributed by atoms with Crippen LogP contribution in [0.1, 0.15) is 0 Å². The third kappa shape index (κ3) is 3.14. The third-order valence-corrected chi connectivity index (χ3v) is 2.74. The molecule has 0 aliphatic carbocycles. The molecule has 1 aliphatic rings. The lowest BCUT2D eigenvalue weighted by Gasteiger charge is -2.40. The van der Waals surface area contributed by atoms with E-state index in [1.165, 1.54) is 0 Å². The molecular weight excluding hydrogens is 250 g/mol. The Bertz CT molecular complexity index is 286. The Morgan fingerprint density at radius 2 is 1.78 bits per heavy atom. The maximum atomic E-state index is 10.7. The molecule has 1 aliphatic heterocycles. The van der Waals surface area contributed by atoms with Gasteiger partial charge in [-0.25, -0.2) is 0 Å². The van der Waals surface area contributed by atoms with E-state index < -0.39 is 55.9 Å². The van der Waals surface area contributed by atoms with Gasteiger partial charge in [0.25, 0.3) is 0 Å². The van der Waals surface area contributed by atoms with Gasteiger partial charge in [-0.1, -0.05) is 0 Å².